The van der Waals surface area contributed by atoms with Crippen molar-refractivity contribution in [1.29, 1.82) is 0 Å². The molecule has 1 N–H and O–H groups in total. The van der Waals surface area contributed by atoms with E-state index in [-0.39, 0.29) is 6.61 Å². The molecular weight excluding hydrogens is 268 g/mol. The maximum absolute atomic E-state index is 11.7. The van der Waals surface area contributed by atoms with Crippen LogP contribution in [0.1, 0.15) is 21.6 Å². The molecule has 1 heterocycles. The minimum absolute atomic E-state index is 0.345. The molecule has 5 heteroatoms. The third kappa shape index (κ3) is 4.42. The number of hydrogen-bond donors (Lipinski definition) is 1. The number of hydrogen-bond acceptors (Lipinski definition) is 4. The summed E-state index contributed by atoms with van der Waals surface area (Å²) in [5, 5.41) is 2.57. The van der Waals surface area contributed by atoms with Gasteiger partial charge >= 0.3 is 5.97 Å². The van der Waals surface area contributed by atoms with Gasteiger partial charge in [0.2, 0.25) is 0 Å². The Labute approximate surface area is 123 Å². The molecule has 0 aliphatic carbocycles. The quantitative estimate of drug-likeness (QED) is 0.876. The average Bonchev–Trinajstić information content (AvgIpc) is 2.45. The zero-order chi connectivity index (χ0) is 15.2. The molecule has 0 aliphatic heterocycles. The number of nitrogens with zero attached hydrogens (tertiary/aromatic N) is 1. The van der Waals surface area contributed by atoms with Gasteiger partial charge in [-0.15, -0.1) is 0 Å². The van der Waals surface area contributed by atoms with Gasteiger partial charge in [-0.1, -0.05) is 23.8 Å². The number of nitrogens with one attached hydrogen (secondary N) is 1. The van der Waals surface area contributed by atoms with Crippen LogP contribution in [0.2, 0.25) is 0 Å². The summed E-state index contributed by atoms with van der Waals surface area (Å²) in [4.78, 5) is 27.6. The van der Waals surface area contributed by atoms with Gasteiger partial charge in [0.15, 0.2) is 6.61 Å². The van der Waals surface area contributed by atoms with Gasteiger partial charge in [0.1, 0.15) is 5.82 Å². The number of amides is 1. The Morgan fingerprint density at radius 1 is 1.10 bits per heavy atom. The second-order valence-electron chi connectivity index (χ2n) is 4.65. The number of carbonyl (C=O) groups excluding carboxylic acids is 2. The fourth-order valence-electron chi connectivity index (χ4n) is 1.70. The second-order valence-corrected chi connectivity index (χ2v) is 4.65. The first-order valence-electron chi connectivity index (χ1n) is 6.52. The summed E-state index contributed by atoms with van der Waals surface area (Å²) in [6.45, 7) is 3.41. The van der Waals surface area contributed by atoms with Crippen molar-refractivity contribution in [2.75, 3.05) is 11.9 Å². The smallest absolute Gasteiger partial charge is 0.338 e. The number of benzene rings is 1. The van der Waals surface area contributed by atoms with E-state index in [2.05, 4.69) is 10.3 Å². The van der Waals surface area contributed by atoms with E-state index in [1.54, 1.807) is 24.3 Å². The van der Waals surface area contributed by atoms with E-state index in [4.69, 9.17) is 4.74 Å². The molecule has 0 radical (unpaired) electrons. The molecule has 21 heavy (non-hydrogen) atoms. The summed E-state index contributed by atoms with van der Waals surface area (Å²) in [6, 6.07) is 12.2. The molecule has 0 saturated heterocycles. The summed E-state index contributed by atoms with van der Waals surface area (Å²) in [5.74, 6) is -0.512. The maximum atomic E-state index is 11.7. The van der Waals surface area contributed by atoms with Gasteiger partial charge in [-0.2, -0.15) is 0 Å². The Morgan fingerprint density at radius 3 is 2.48 bits per heavy atom. The predicted molar refractivity (Wildman–Crippen MR) is 79.1 cm³/mol. The van der Waals surface area contributed by atoms with Gasteiger partial charge in [0.05, 0.1) is 5.56 Å². The minimum Gasteiger partial charge on any atom is -0.452 e. The van der Waals surface area contributed by atoms with Crippen LogP contribution in [-0.2, 0) is 9.53 Å². The van der Waals surface area contributed by atoms with Crippen LogP contribution in [0.25, 0.3) is 0 Å². The highest BCUT2D eigenvalue weighted by Gasteiger charge is 2.10. The highest BCUT2D eigenvalue weighted by atomic mass is 16.5. The van der Waals surface area contributed by atoms with Crippen LogP contribution in [0, 0.1) is 13.8 Å². The van der Waals surface area contributed by atoms with Gasteiger partial charge in [-0.05, 0) is 38.1 Å². The Kier molecular flexibility index (Phi) is 4.66. The van der Waals surface area contributed by atoms with Crippen molar-refractivity contribution in [1.82, 2.24) is 4.98 Å². The topological polar surface area (TPSA) is 68.3 Å². The van der Waals surface area contributed by atoms with E-state index in [1.165, 1.54) is 0 Å². The van der Waals surface area contributed by atoms with Crippen molar-refractivity contribution in [3.63, 3.8) is 0 Å². The number of carbonyl (C=O) groups is 2. The van der Waals surface area contributed by atoms with E-state index in [0.29, 0.717) is 11.4 Å². The molecule has 1 aromatic heterocycles. The first-order chi connectivity index (χ1) is 10.0. The van der Waals surface area contributed by atoms with Gasteiger partial charge in [0.25, 0.3) is 5.91 Å². The van der Waals surface area contributed by atoms with E-state index >= 15 is 0 Å². The Balaban J connectivity index is 1.86. The zero-order valence-corrected chi connectivity index (χ0v) is 11.9. The number of aryl methyl sites for hydroxylation is 2. The normalized spacial score (nSPS) is 10.0. The molecular formula is C16H16N2O3. The van der Waals surface area contributed by atoms with E-state index in [0.717, 1.165) is 11.3 Å². The summed E-state index contributed by atoms with van der Waals surface area (Å²) in [5.41, 5.74) is 2.27. The molecule has 2 aromatic rings. The van der Waals surface area contributed by atoms with E-state index in [9.17, 15) is 9.59 Å². The molecule has 0 unspecified atom stereocenters. The SMILES string of the molecule is Cc1ccc(C(=O)OCC(=O)Nc2cccc(C)n2)cc1. The third-order valence-electron chi connectivity index (χ3n) is 2.78. The van der Waals surface area contributed by atoms with Gasteiger partial charge in [-0.3, -0.25) is 4.79 Å². The second kappa shape index (κ2) is 6.65. The van der Waals surface area contributed by atoms with Crippen LogP contribution in [0.5, 0.6) is 0 Å². The van der Waals surface area contributed by atoms with Crippen LogP contribution in [0.4, 0.5) is 5.82 Å². The third-order valence-corrected chi connectivity index (χ3v) is 2.78. The summed E-state index contributed by atoms with van der Waals surface area (Å²) in [7, 11) is 0. The minimum atomic E-state index is -0.526. The van der Waals surface area contributed by atoms with Crippen molar-refractivity contribution >= 4 is 17.7 Å². The molecule has 0 saturated carbocycles. The number of anilines is 1. The van der Waals surface area contributed by atoms with Crippen LogP contribution in [0.3, 0.4) is 0 Å². The molecule has 0 fully saturated rings. The average molecular weight is 284 g/mol. The Hall–Kier alpha value is -2.69. The number of rotatable bonds is 4. The molecule has 0 aliphatic rings. The van der Waals surface area contributed by atoms with Crippen LogP contribution >= 0.6 is 0 Å². The van der Waals surface area contributed by atoms with Crippen molar-refractivity contribution < 1.29 is 14.3 Å². The van der Waals surface area contributed by atoms with Gasteiger partial charge < -0.3 is 10.1 Å². The summed E-state index contributed by atoms with van der Waals surface area (Å²) < 4.78 is 4.95. The Morgan fingerprint density at radius 2 is 1.81 bits per heavy atom. The molecule has 108 valence electrons. The lowest BCUT2D eigenvalue weighted by atomic mass is 10.1. The highest BCUT2D eigenvalue weighted by Crippen LogP contribution is 2.06. The van der Waals surface area contributed by atoms with Crippen molar-refractivity contribution in [3.8, 4) is 0 Å². The molecule has 0 spiro atoms. The standard InChI is InChI=1S/C16H16N2O3/c1-11-6-8-13(9-7-11)16(20)21-10-15(19)18-14-5-3-4-12(2)17-14/h3-9H,10H2,1-2H3,(H,17,18,19). The van der Waals surface area contributed by atoms with Crippen molar-refractivity contribution in [3.05, 3.63) is 59.3 Å². The number of pyridine rings is 1. The van der Waals surface area contributed by atoms with E-state index < -0.39 is 11.9 Å². The van der Waals surface area contributed by atoms with Gasteiger partial charge in [-0.25, -0.2) is 9.78 Å². The zero-order valence-electron chi connectivity index (χ0n) is 11.9. The highest BCUT2D eigenvalue weighted by molar-refractivity contribution is 5.95. The van der Waals surface area contributed by atoms with Crippen molar-refractivity contribution in [2.24, 2.45) is 0 Å². The maximum Gasteiger partial charge on any atom is 0.338 e. The van der Waals surface area contributed by atoms with Crippen LogP contribution < -0.4 is 5.32 Å². The first-order valence-corrected chi connectivity index (χ1v) is 6.52. The molecule has 0 atom stereocenters. The lowest BCUT2D eigenvalue weighted by Gasteiger charge is -2.06. The fraction of sp³-hybridized carbons (Fsp3) is 0.188. The monoisotopic (exact) mass is 284 g/mol. The number of esters is 1. The van der Waals surface area contributed by atoms with Crippen LogP contribution in [-0.4, -0.2) is 23.5 Å². The molecule has 0 bridgehead atoms. The van der Waals surface area contributed by atoms with Crippen molar-refractivity contribution in [2.45, 2.75) is 13.8 Å². The predicted octanol–water partition coefficient (Wildman–Crippen LogP) is 2.49. The first kappa shape index (κ1) is 14.7. The molecule has 1 aromatic carbocycles. The molecule has 2 rings (SSSR count). The van der Waals surface area contributed by atoms with Crippen LogP contribution in [0.15, 0.2) is 42.5 Å². The number of aromatic nitrogens is 1. The summed E-state index contributed by atoms with van der Waals surface area (Å²) >= 11 is 0. The number of ether oxygens (including phenoxy) is 1. The summed E-state index contributed by atoms with van der Waals surface area (Å²) in [6.07, 6.45) is 0. The fourth-order valence-corrected chi connectivity index (χ4v) is 1.70. The molecule has 1 amide bonds. The lowest BCUT2D eigenvalue weighted by molar-refractivity contribution is -0.119. The molecule has 5 nitrogen and oxygen atoms in total. The largest absolute Gasteiger partial charge is 0.452 e. The van der Waals surface area contributed by atoms with Gasteiger partial charge in [0, 0.05) is 5.69 Å². The Bertz CT molecular complexity index is 651. The van der Waals surface area contributed by atoms with E-state index in [1.807, 2.05) is 32.0 Å². The lowest BCUT2D eigenvalue weighted by Crippen LogP contribution is -2.21.